The molecule has 5 unspecified atom stereocenters. The predicted octanol–water partition coefficient (Wildman–Crippen LogP) is 13.9. The van der Waals surface area contributed by atoms with E-state index in [1.165, 1.54) is 49.7 Å². The van der Waals surface area contributed by atoms with Gasteiger partial charge in [-0.15, -0.1) is 0 Å². The average Bonchev–Trinajstić information content (AvgIpc) is 3.06. The van der Waals surface area contributed by atoms with Crippen molar-refractivity contribution >= 4 is 0 Å². The highest BCUT2D eigenvalue weighted by Gasteiger charge is 2.29. The minimum Gasteiger partial charge on any atom is -0.393 e. The fourth-order valence-corrected chi connectivity index (χ4v) is 6.17. The van der Waals surface area contributed by atoms with E-state index >= 15 is 0 Å². The quantitative estimate of drug-likeness (QED) is 0.0877. The summed E-state index contributed by atoms with van der Waals surface area (Å²) < 4.78 is 0. The van der Waals surface area contributed by atoms with Crippen molar-refractivity contribution in [3.8, 4) is 0 Å². The fourth-order valence-electron chi connectivity index (χ4n) is 6.17. The van der Waals surface area contributed by atoms with Crippen molar-refractivity contribution in [1.29, 1.82) is 0 Å². The van der Waals surface area contributed by atoms with Crippen molar-refractivity contribution < 1.29 is 5.11 Å². The Morgan fingerprint density at radius 3 is 2.22 bits per heavy atom. The molecule has 0 aromatic heterocycles. The Balaban J connectivity index is 0.00000364. The Kier molecular flexibility index (Phi) is 28.7. The van der Waals surface area contributed by atoms with Crippen molar-refractivity contribution in [1.82, 2.24) is 0 Å². The number of unbranched alkanes of at least 4 members (excludes halogenated alkanes) is 1. The number of aliphatic hydroxyl groups is 1. The van der Waals surface area contributed by atoms with E-state index in [2.05, 4.69) is 139 Å². The first-order chi connectivity index (χ1) is 22.0. The van der Waals surface area contributed by atoms with Gasteiger partial charge in [0.15, 0.2) is 0 Å². The lowest BCUT2D eigenvalue weighted by Crippen LogP contribution is -2.27. The molecule has 0 heterocycles. The van der Waals surface area contributed by atoms with Gasteiger partial charge in [0.2, 0.25) is 0 Å². The van der Waals surface area contributed by atoms with Gasteiger partial charge in [-0.2, -0.15) is 0 Å². The summed E-state index contributed by atoms with van der Waals surface area (Å²) in [5.41, 5.74) is 2.79. The number of allylic oxidation sites excluding steroid dienone is 12. The van der Waals surface area contributed by atoms with Crippen LogP contribution in [0.1, 0.15) is 150 Å². The molecule has 254 valence electrons. The van der Waals surface area contributed by atoms with Crippen LogP contribution >= 0.6 is 0 Å². The van der Waals surface area contributed by atoms with Crippen LogP contribution in [0.25, 0.3) is 0 Å². The Labute approximate surface area is 281 Å². The molecule has 0 fully saturated rings. The molecule has 45 heavy (non-hydrogen) atoms. The molecule has 1 aromatic rings. The molecule has 1 aromatic carbocycles. The maximum absolute atomic E-state index is 10.7. The maximum atomic E-state index is 10.7. The van der Waals surface area contributed by atoms with Gasteiger partial charge in [-0.3, -0.25) is 0 Å². The van der Waals surface area contributed by atoms with E-state index in [9.17, 15) is 5.11 Å². The number of rotatable bonds is 20. The minimum atomic E-state index is -0.162. The van der Waals surface area contributed by atoms with Gasteiger partial charge in [0.1, 0.15) is 0 Å². The van der Waals surface area contributed by atoms with Crippen LogP contribution in [0.5, 0.6) is 0 Å². The predicted molar refractivity (Wildman–Crippen MR) is 205 cm³/mol. The standard InChI is InChI=1S/C39H58O.C3H8.C2H6/c1-5-21-34(26-15-10-13-24-33(4)35-27-17-11-18-28-35)25-14-8-9-16-29-36(22-6-2)39(32-38(40)23-7-3)37-30-19-12-20-31-37;1-3-2;1-2/h5,8,10-12,14-15,17-21,25,27-28,30,33,36-40H,6-7,9,13,16,22-24,26,29,31-32H2,1-4H3;3H2,1-2H3;1-2H3/b14-8+,15-10-,21-5-,34-25+;;. The Bertz CT molecular complexity index is 960. The van der Waals surface area contributed by atoms with E-state index in [1.54, 1.807) is 0 Å². The van der Waals surface area contributed by atoms with Crippen LogP contribution in [0.2, 0.25) is 0 Å². The zero-order chi connectivity index (χ0) is 33.5. The maximum Gasteiger partial charge on any atom is 0.0543 e. The molecule has 0 bridgehead atoms. The summed E-state index contributed by atoms with van der Waals surface area (Å²) >= 11 is 0. The second-order valence-electron chi connectivity index (χ2n) is 12.5. The molecule has 2 rings (SSSR count). The van der Waals surface area contributed by atoms with Gasteiger partial charge in [0.05, 0.1) is 6.10 Å². The van der Waals surface area contributed by atoms with Crippen molar-refractivity contribution in [2.45, 2.75) is 151 Å². The lowest BCUT2D eigenvalue weighted by molar-refractivity contribution is 0.0922. The van der Waals surface area contributed by atoms with Gasteiger partial charge in [-0.05, 0) is 99.5 Å². The molecular weight excluding hydrogens is 544 g/mol. The summed E-state index contributed by atoms with van der Waals surface area (Å²) in [4.78, 5) is 0. The van der Waals surface area contributed by atoms with Crippen molar-refractivity contribution in [2.75, 3.05) is 0 Å². The average molecular weight is 617 g/mol. The molecule has 0 saturated carbocycles. The molecule has 0 aliphatic heterocycles. The Morgan fingerprint density at radius 1 is 0.889 bits per heavy atom. The molecule has 1 aliphatic rings. The van der Waals surface area contributed by atoms with E-state index in [0.29, 0.717) is 23.7 Å². The Hall–Kier alpha value is -2.38. The molecule has 1 nitrogen and oxygen atoms in total. The van der Waals surface area contributed by atoms with E-state index in [1.807, 2.05) is 13.8 Å². The van der Waals surface area contributed by atoms with Crippen LogP contribution in [-0.2, 0) is 0 Å². The van der Waals surface area contributed by atoms with E-state index in [4.69, 9.17) is 0 Å². The third kappa shape index (κ3) is 21.1. The Morgan fingerprint density at radius 2 is 1.60 bits per heavy atom. The van der Waals surface area contributed by atoms with E-state index < -0.39 is 0 Å². The van der Waals surface area contributed by atoms with Gasteiger partial charge in [-0.1, -0.05) is 171 Å². The smallest absolute Gasteiger partial charge is 0.0543 e. The van der Waals surface area contributed by atoms with Gasteiger partial charge in [-0.25, -0.2) is 0 Å². The van der Waals surface area contributed by atoms with Crippen LogP contribution in [0.4, 0.5) is 0 Å². The molecule has 0 saturated heterocycles. The third-order valence-corrected chi connectivity index (χ3v) is 8.42. The van der Waals surface area contributed by atoms with Gasteiger partial charge in [0, 0.05) is 0 Å². The minimum absolute atomic E-state index is 0.162. The normalized spacial score (nSPS) is 17.5. The monoisotopic (exact) mass is 617 g/mol. The first kappa shape index (κ1) is 42.6. The molecule has 1 heteroatoms. The molecule has 5 atom stereocenters. The zero-order valence-corrected chi connectivity index (χ0v) is 30.8. The lowest BCUT2D eigenvalue weighted by Gasteiger charge is -2.34. The summed E-state index contributed by atoms with van der Waals surface area (Å²) in [7, 11) is 0. The highest BCUT2D eigenvalue weighted by Crippen LogP contribution is 2.37. The van der Waals surface area contributed by atoms with Crippen LogP contribution in [0, 0.1) is 17.8 Å². The first-order valence-electron chi connectivity index (χ1n) is 18.7. The molecule has 0 radical (unpaired) electrons. The largest absolute Gasteiger partial charge is 0.393 e. The topological polar surface area (TPSA) is 20.2 Å². The van der Waals surface area contributed by atoms with Gasteiger partial charge >= 0.3 is 0 Å². The van der Waals surface area contributed by atoms with Crippen LogP contribution < -0.4 is 0 Å². The van der Waals surface area contributed by atoms with Crippen LogP contribution in [0.15, 0.2) is 103 Å². The molecule has 1 N–H and O–H groups in total. The fraction of sp³-hybridized carbons (Fsp3) is 0.591. The number of hydrogen-bond acceptors (Lipinski definition) is 1. The summed E-state index contributed by atoms with van der Waals surface area (Å²) in [5, 5.41) is 10.7. The number of aliphatic hydroxyl groups excluding tert-OH is 1. The van der Waals surface area contributed by atoms with Gasteiger partial charge in [0.25, 0.3) is 0 Å². The van der Waals surface area contributed by atoms with Crippen molar-refractivity contribution in [3.63, 3.8) is 0 Å². The van der Waals surface area contributed by atoms with Gasteiger partial charge < -0.3 is 5.11 Å². The summed E-state index contributed by atoms with van der Waals surface area (Å²) in [6.07, 6.45) is 39.6. The zero-order valence-electron chi connectivity index (χ0n) is 30.8. The second-order valence-corrected chi connectivity index (χ2v) is 12.5. The van der Waals surface area contributed by atoms with Crippen LogP contribution in [-0.4, -0.2) is 11.2 Å². The third-order valence-electron chi connectivity index (χ3n) is 8.42. The van der Waals surface area contributed by atoms with Crippen LogP contribution in [0.3, 0.4) is 0 Å². The molecular formula is C44H72O. The summed E-state index contributed by atoms with van der Waals surface area (Å²) in [6.45, 7) is 17.2. The van der Waals surface area contributed by atoms with Crippen molar-refractivity contribution in [2.24, 2.45) is 17.8 Å². The molecule has 0 amide bonds. The number of hydrogen-bond donors (Lipinski definition) is 1. The highest BCUT2D eigenvalue weighted by atomic mass is 16.3. The first-order valence-corrected chi connectivity index (χ1v) is 18.7. The van der Waals surface area contributed by atoms with Crippen molar-refractivity contribution in [3.05, 3.63) is 108 Å². The summed E-state index contributed by atoms with van der Waals surface area (Å²) in [5.74, 6) is 2.44. The summed E-state index contributed by atoms with van der Waals surface area (Å²) in [6, 6.07) is 10.8. The molecule has 1 aliphatic carbocycles. The lowest BCUT2D eigenvalue weighted by atomic mass is 9.72. The molecule has 0 spiro atoms. The van der Waals surface area contributed by atoms with E-state index in [-0.39, 0.29) is 6.10 Å². The van der Waals surface area contributed by atoms with E-state index in [0.717, 1.165) is 44.9 Å². The SMILES string of the molecule is CC.CCC.C\C=C/C(=C\C=C\CCCC(CCC)C(CC(O)CCC)C1C=CC=CC1)C/C=C\CCC(C)c1ccccc1. The number of benzene rings is 1. The second kappa shape index (κ2) is 30.3. The highest BCUT2D eigenvalue weighted by molar-refractivity contribution is 5.26.